The quantitative estimate of drug-likeness (QED) is 0.856. The minimum absolute atomic E-state index is 0.201. The van der Waals surface area contributed by atoms with Gasteiger partial charge in [0.05, 0.1) is 0 Å². The topological polar surface area (TPSA) is 34.1 Å². The van der Waals surface area contributed by atoms with Crippen molar-refractivity contribution in [3.05, 3.63) is 53.5 Å². The van der Waals surface area contributed by atoms with E-state index in [1.54, 1.807) is 24.4 Å². The number of aryl methyl sites for hydroxylation is 1. The van der Waals surface area contributed by atoms with E-state index in [0.717, 1.165) is 24.1 Å². The number of halogens is 1. The van der Waals surface area contributed by atoms with E-state index in [2.05, 4.69) is 24.1 Å². The Kier molecular flexibility index (Phi) is 5.28. The lowest BCUT2D eigenvalue weighted by molar-refractivity contribution is 0.426. The Labute approximate surface area is 125 Å². The van der Waals surface area contributed by atoms with Gasteiger partial charge >= 0.3 is 0 Å². The van der Waals surface area contributed by atoms with Gasteiger partial charge in [0.15, 0.2) is 11.6 Å². The Morgan fingerprint density at radius 1 is 1.29 bits per heavy atom. The second-order valence-electron chi connectivity index (χ2n) is 5.14. The number of hydrogen-bond acceptors (Lipinski definition) is 3. The first kappa shape index (κ1) is 15.4. The van der Waals surface area contributed by atoms with Gasteiger partial charge in [0.1, 0.15) is 0 Å². The first-order valence-electron chi connectivity index (χ1n) is 7.23. The van der Waals surface area contributed by atoms with Gasteiger partial charge in [-0.05, 0) is 50.1 Å². The number of pyridine rings is 1. The molecule has 1 unspecified atom stereocenters. The Bertz CT molecular complexity index is 584. The van der Waals surface area contributed by atoms with E-state index in [1.807, 2.05) is 13.0 Å². The Morgan fingerprint density at radius 3 is 2.76 bits per heavy atom. The predicted molar refractivity (Wildman–Crippen MR) is 82.2 cm³/mol. The summed E-state index contributed by atoms with van der Waals surface area (Å²) in [5.74, 6) is 0.211. The molecule has 0 aliphatic rings. The lowest BCUT2D eigenvalue weighted by atomic mass is 10.1. The van der Waals surface area contributed by atoms with Crippen LogP contribution in [0.1, 0.15) is 37.4 Å². The third-order valence-electron chi connectivity index (χ3n) is 3.26. The smallest absolute Gasteiger partial charge is 0.219 e. The fourth-order valence-corrected chi connectivity index (χ4v) is 1.99. The van der Waals surface area contributed by atoms with E-state index >= 15 is 0 Å². The molecule has 0 saturated heterocycles. The minimum Gasteiger partial charge on any atom is -0.436 e. The van der Waals surface area contributed by atoms with Crippen LogP contribution in [0.15, 0.2) is 36.5 Å². The highest BCUT2D eigenvalue weighted by Crippen LogP contribution is 2.24. The van der Waals surface area contributed by atoms with Crippen molar-refractivity contribution in [2.75, 3.05) is 6.54 Å². The van der Waals surface area contributed by atoms with Gasteiger partial charge in [-0.2, -0.15) is 0 Å². The molecule has 3 nitrogen and oxygen atoms in total. The molecule has 2 rings (SSSR count). The molecule has 0 aliphatic heterocycles. The number of nitrogens with zero attached hydrogens (tertiary/aromatic N) is 1. The molecule has 112 valence electrons. The molecule has 1 N–H and O–H groups in total. The first-order chi connectivity index (χ1) is 10.1. The maximum absolute atomic E-state index is 13.6. The Balaban J connectivity index is 2.07. The molecule has 21 heavy (non-hydrogen) atoms. The molecule has 4 heteroatoms. The van der Waals surface area contributed by atoms with Crippen LogP contribution in [-0.4, -0.2) is 11.5 Å². The summed E-state index contributed by atoms with van der Waals surface area (Å²) >= 11 is 0. The average Bonchev–Trinajstić information content (AvgIpc) is 2.49. The zero-order valence-electron chi connectivity index (χ0n) is 12.7. The van der Waals surface area contributed by atoms with Crippen molar-refractivity contribution in [3.8, 4) is 11.6 Å². The van der Waals surface area contributed by atoms with Gasteiger partial charge in [0.2, 0.25) is 5.88 Å². The van der Waals surface area contributed by atoms with Crippen LogP contribution in [-0.2, 0) is 0 Å². The largest absolute Gasteiger partial charge is 0.436 e. The molecule has 0 amide bonds. The van der Waals surface area contributed by atoms with Crippen molar-refractivity contribution in [2.24, 2.45) is 0 Å². The highest BCUT2D eigenvalue weighted by atomic mass is 19.1. The standard InChI is InChI=1S/C17H21FN2O/c1-4-9-19-13(3)14-6-8-17(20-11-14)21-16-10-12(2)5-7-15(16)18/h5-8,10-11,13,19H,4,9H2,1-3H3. The van der Waals surface area contributed by atoms with E-state index in [-0.39, 0.29) is 17.6 Å². The van der Waals surface area contributed by atoms with Crippen LogP contribution in [0, 0.1) is 12.7 Å². The van der Waals surface area contributed by atoms with Crippen LogP contribution < -0.4 is 10.1 Å². The van der Waals surface area contributed by atoms with Crippen molar-refractivity contribution in [1.29, 1.82) is 0 Å². The molecule has 0 bridgehead atoms. The van der Waals surface area contributed by atoms with E-state index in [0.29, 0.717) is 5.88 Å². The molecule has 0 saturated carbocycles. The molecule has 1 aromatic heterocycles. The third-order valence-corrected chi connectivity index (χ3v) is 3.26. The van der Waals surface area contributed by atoms with Crippen molar-refractivity contribution in [3.63, 3.8) is 0 Å². The van der Waals surface area contributed by atoms with Gasteiger partial charge in [-0.1, -0.05) is 19.1 Å². The lowest BCUT2D eigenvalue weighted by Crippen LogP contribution is -2.19. The van der Waals surface area contributed by atoms with Crippen molar-refractivity contribution in [2.45, 2.75) is 33.2 Å². The minimum atomic E-state index is -0.385. The number of ether oxygens (including phenoxy) is 1. The number of benzene rings is 1. The number of nitrogens with one attached hydrogen (secondary N) is 1. The summed E-state index contributed by atoms with van der Waals surface area (Å²) in [6.45, 7) is 7.08. The van der Waals surface area contributed by atoms with E-state index < -0.39 is 0 Å². The zero-order chi connectivity index (χ0) is 15.2. The third kappa shape index (κ3) is 4.26. The average molecular weight is 288 g/mol. The van der Waals surface area contributed by atoms with Gasteiger partial charge in [-0.25, -0.2) is 9.37 Å². The van der Waals surface area contributed by atoms with Crippen LogP contribution in [0.25, 0.3) is 0 Å². The molecular weight excluding hydrogens is 267 g/mol. The second-order valence-corrected chi connectivity index (χ2v) is 5.14. The number of rotatable bonds is 6. The highest BCUT2D eigenvalue weighted by molar-refractivity contribution is 5.33. The fraction of sp³-hybridized carbons (Fsp3) is 0.353. The van der Waals surface area contributed by atoms with Gasteiger partial charge in [-0.15, -0.1) is 0 Å². The summed E-state index contributed by atoms with van der Waals surface area (Å²) in [4.78, 5) is 4.25. The zero-order valence-corrected chi connectivity index (χ0v) is 12.7. The monoisotopic (exact) mass is 288 g/mol. The molecule has 0 aliphatic carbocycles. The summed E-state index contributed by atoms with van der Waals surface area (Å²) in [7, 11) is 0. The molecule has 1 aromatic carbocycles. The summed E-state index contributed by atoms with van der Waals surface area (Å²) in [5, 5.41) is 3.39. The van der Waals surface area contributed by atoms with E-state index in [4.69, 9.17) is 4.74 Å². The number of hydrogen-bond donors (Lipinski definition) is 1. The second kappa shape index (κ2) is 7.18. The first-order valence-corrected chi connectivity index (χ1v) is 7.23. The highest BCUT2D eigenvalue weighted by Gasteiger charge is 2.08. The summed E-state index contributed by atoms with van der Waals surface area (Å²) < 4.78 is 19.1. The SMILES string of the molecule is CCCNC(C)c1ccc(Oc2cc(C)ccc2F)nc1. The van der Waals surface area contributed by atoms with Crippen LogP contribution in [0.2, 0.25) is 0 Å². The molecular formula is C17H21FN2O. The van der Waals surface area contributed by atoms with Crippen molar-refractivity contribution >= 4 is 0 Å². The van der Waals surface area contributed by atoms with Gasteiger partial charge in [0.25, 0.3) is 0 Å². The van der Waals surface area contributed by atoms with Crippen LogP contribution >= 0.6 is 0 Å². The molecule has 1 atom stereocenters. The van der Waals surface area contributed by atoms with Crippen LogP contribution in [0.4, 0.5) is 4.39 Å². The fourth-order valence-electron chi connectivity index (χ4n) is 1.99. The molecule has 1 heterocycles. The Hall–Kier alpha value is -1.94. The molecule has 0 spiro atoms. The van der Waals surface area contributed by atoms with Crippen LogP contribution in [0.3, 0.4) is 0 Å². The molecule has 0 fully saturated rings. The van der Waals surface area contributed by atoms with Gasteiger partial charge in [-0.3, -0.25) is 0 Å². The van der Waals surface area contributed by atoms with E-state index in [9.17, 15) is 4.39 Å². The number of aromatic nitrogens is 1. The van der Waals surface area contributed by atoms with Crippen molar-refractivity contribution in [1.82, 2.24) is 10.3 Å². The lowest BCUT2D eigenvalue weighted by Gasteiger charge is -2.13. The van der Waals surface area contributed by atoms with E-state index in [1.165, 1.54) is 6.07 Å². The summed E-state index contributed by atoms with van der Waals surface area (Å²) in [6.07, 6.45) is 2.85. The Morgan fingerprint density at radius 2 is 2.10 bits per heavy atom. The van der Waals surface area contributed by atoms with Gasteiger partial charge < -0.3 is 10.1 Å². The van der Waals surface area contributed by atoms with Crippen LogP contribution in [0.5, 0.6) is 11.6 Å². The predicted octanol–water partition coefficient (Wildman–Crippen LogP) is 4.38. The summed E-state index contributed by atoms with van der Waals surface area (Å²) in [5.41, 5.74) is 2.03. The van der Waals surface area contributed by atoms with Gasteiger partial charge in [0, 0.05) is 18.3 Å². The summed E-state index contributed by atoms with van der Waals surface area (Å²) in [6, 6.07) is 8.72. The maximum Gasteiger partial charge on any atom is 0.219 e. The maximum atomic E-state index is 13.6. The molecule has 0 radical (unpaired) electrons. The van der Waals surface area contributed by atoms with Crippen molar-refractivity contribution < 1.29 is 9.13 Å². The molecule has 2 aromatic rings. The normalized spacial score (nSPS) is 12.2.